The number of halogens is 1. The maximum atomic E-state index is 13.1. The molecule has 0 bridgehead atoms. The summed E-state index contributed by atoms with van der Waals surface area (Å²) in [5.74, 6) is -0.475. The van der Waals surface area contributed by atoms with Crippen molar-refractivity contribution in [1.29, 1.82) is 0 Å². The number of piperidine rings is 1. The molecule has 3 heteroatoms. The van der Waals surface area contributed by atoms with E-state index < -0.39 is 0 Å². The van der Waals surface area contributed by atoms with E-state index in [1.807, 2.05) is 6.07 Å². The van der Waals surface area contributed by atoms with Crippen molar-refractivity contribution >= 4 is 6.29 Å². The van der Waals surface area contributed by atoms with Gasteiger partial charge in [0.15, 0.2) is 0 Å². The fourth-order valence-electron chi connectivity index (χ4n) is 2.38. The van der Waals surface area contributed by atoms with Crippen molar-refractivity contribution in [2.75, 3.05) is 19.6 Å². The summed E-state index contributed by atoms with van der Waals surface area (Å²) in [5.41, 5.74) is 0.783. The van der Waals surface area contributed by atoms with Gasteiger partial charge in [-0.25, -0.2) is 4.39 Å². The van der Waals surface area contributed by atoms with Gasteiger partial charge in [-0.1, -0.05) is 18.6 Å². The second-order valence-corrected chi connectivity index (χ2v) is 4.66. The molecule has 0 aliphatic carbocycles. The van der Waals surface area contributed by atoms with Gasteiger partial charge in [0.2, 0.25) is 0 Å². The Morgan fingerprint density at radius 3 is 2.71 bits per heavy atom. The molecule has 0 saturated carbocycles. The van der Waals surface area contributed by atoms with Crippen LogP contribution in [0.3, 0.4) is 0 Å². The molecule has 92 valence electrons. The quantitative estimate of drug-likeness (QED) is 0.748. The second kappa shape index (κ2) is 5.92. The standard InChI is InChI=1S/C14H18FNO/c15-14-6-4-5-12(9-14)13(11-17)10-16-7-2-1-3-8-16/h4-6,9,11,13H,1-3,7-8,10H2. The van der Waals surface area contributed by atoms with E-state index in [2.05, 4.69) is 4.90 Å². The first-order chi connectivity index (χ1) is 8.29. The number of likely N-dealkylation sites (tertiary alicyclic amines) is 1. The minimum atomic E-state index is -0.270. The highest BCUT2D eigenvalue weighted by atomic mass is 19.1. The van der Waals surface area contributed by atoms with Crippen molar-refractivity contribution in [2.24, 2.45) is 0 Å². The van der Waals surface area contributed by atoms with Crippen molar-refractivity contribution < 1.29 is 9.18 Å². The third-order valence-corrected chi connectivity index (χ3v) is 3.34. The highest BCUT2D eigenvalue weighted by Gasteiger charge is 2.17. The minimum Gasteiger partial charge on any atom is -0.303 e. The first-order valence-corrected chi connectivity index (χ1v) is 6.22. The molecule has 1 aliphatic rings. The molecule has 0 N–H and O–H groups in total. The summed E-state index contributed by atoms with van der Waals surface area (Å²) in [6.07, 6.45) is 4.62. The molecule has 0 radical (unpaired) electrons. The largest absolute Gasteiger partial charge is 0.303 e. The summed E-state index contributed by atoms with van der Waals surface area (Å²) < 4.78 is 13.1. The first-order valence-electron chi connectivity index (χ1n) is 6.22. The van der Waals surface area contributed by atoms with E-state index in [0.29, 0.717) is 6.54 Å². The topological polar surface area (TPSA) is 20.3 Å². The predicted octanol–water partition coefficient (Wildman–Crippen LogP) is 2.59. The summed E-state index contributed by atoms with van der Waals surface area (Å²) in [7, 11) is 0. The Morgan fingerprint density at radius 2 is 2.06 bits per heavy atom. The summed E-state index contributed by atoms with van der Waals surface area (Å²) >= 11 is 0. The van der Waals surface area contributed by atoms with Crippen molar-refractivity contribution in [3.8, 4) is 0 Å². The number of carbonyl (C=O) groups excluding carboxylic acids is 1. The van der Waals surface area contributed by atoms with E-state index in [0.717, 1.165) is 24.9 Å². The Bertz CT molecular complexity index is 374. The van der Waals surface area contributed by atoms with Crippen LogP contribution in [0, 0.1) is 5.82 Å². The highest BCUT2D eigenvalue weighted by molar-refractivity contribution is 5.62. The van der Waals surface area contributed by atoms with Crippen molar-refractivity contribution in [1.82, 2.24) is 4.90 Å². The minimum absolute atomic E-state index is 0.205. The van der Waals surface area contributed by atoms with Crippen molar-refractivity contribution in [2.45, 2.75) is 25.2 Å². The number of hydrogen-bond donors (Lipinski definition) is 0. The van der Waals surface area contributed by atoms with Crippen LogP contribution >= 0.6 is 0 Å². The van der Waals surface area contributed by atoms with E-state index in [1.165, 1.54) is 31.4 Å². The summed E-state index contributed by atoms with van der Waals surface area (Å²) in [6, 6.07) is 6.36. The van der Waals surface area contributed by atoms with Gasteiger partial charge in [0.05, 0.1) is 5.92 Å². The van der Waals surface area contributed by atoms with Gasteiger partial charge in [-0.2, -0.15) is 0 Å². The molecule has 1 aromatic rings. The highest BCUT2D eigenvalue weighted by Crippen LogP contribution is 2.18. The average molecular weight is 235 g/mol. The molecule has 1 saturated heterocycles. The Balaban J connectivity index is 2.02. The zero-order chi connectivity index (χ0) is 12.1. The Hall–Kier alpha value is -1.22. The summed E-state index contributed by atoms with van der Waals surface area (Å²) in [6.45, 7) is 2.83. The number of carbonyl (C=O) groups is 1. The van der Waals surface area contributed by atoms with E-state index in [4.69, 9.17) is 0 Å². The van der Waals surface area contributed by atoms with Crippen LogP contribution in [0.25, 0.3) is 0 Å². The monoisotopic (exact) mass is 235 g/mol. The van der Waals surface area contributed by atoms with Crippen LogP contribution in [0.15, 0.2) is 24.3 Å². The molecule has 2 rings (SSSR count). The average Bonchev–Trinajstić information content (AvgIpc) is 2.37. The van der Waals surface area contributed by atoms with Crippen LogP contribution in [-0.4, -0.2) is 30.8 Å². The maximum absolute atomic E-state index is 13.1. The third-order valence-electron chi connectivity index (χ3n) is 3.34. The molecule has 1 fully saturated rings. The Labute approximate surface area is 101 Å². The second-order valence-electron chi connectivity index (χ2n) is 4.66. The molecule has 1 unspecified atom stereocenters. The van der Waals surface area contributed by atoms with Gasteiger partial charge in [0, 0.05) is 6.54 Å². The number of aldehydes is 1. The maximum Gasteiger partial charge on any atom is 0.128 e. The first kappa shape index (κ1) is 12.2. The summed E-state index contributed by atoms with van der Waals surface area (Å²) in [5, 5.41) is 0. The lowest BCUT2D eigenvalue weighted by Crippen LogP contribution is -2.33. The predicted molar refractivity (Wildman–Crippen MR) is 65.5 cm³/mol. The van der Waals surface area contributed by atoms with E-state index in [9.17, 15) is 9.18 Å². The molecule has 0 amide bonds. The number of nitrogens with zero attached hydrogens (tertiary/aromatic N) is 1. The molecule has 17 heavy (non-hydrogen) atoms. The van der Waals surface area contributed by atoms with Gasteiger partial charge >= 0.3 is 0 Å². The van der Waals surface area contributed by atoms with Gasteiger partial charge in [-0.05, 0) is 43.6 Å². The fourth-order valence-corrected chi connectivity index (χ4v) is 2.38. The Morgan fingerprint density at radius 1 is 1.29 bits per heavy atom. The van der Waals surface area contributed by atoms with Crippen LogP contribution in [0.5, 0.6) is 0 Å². The normalized spacial score (nSPS) is 18.9. The van der Waals surface area contributed by atoms with Crippen molar-refractivity contribution in [3.05, 3.63) is 35.6 Å². The number of rotatable bonds is 4. The van der Waals surface area contributed by atoms with Crippen LogP contribution in [0.4, 0.5) is 4.39 Å². The lowest BCUT2D eigenvalue weighted by atomic mass is 9.99. The molecule has 1 atom stereocenters. The van der Waals surface area contributed by atoms with Gasteiger partial charge in [0.1, 0.15) is 12.1 Å². The smallest absolute Gasteiger partial charge is 0.128 e. The molecule has 1 aliphatic heterocycles. The van der Waals surface area contributed by atoms with Gasteiger partial charge in [0.25, 0.3) is 0 Å². The fraction of sp³-hybridized carbons (Fsp3) is 0.500. The zero-order valence-electron chi connectivity index (χ0n) is 9.94. The van der Waals surface area contributed by atoms with Crippen LogP contribution in [0.2, 0.25) is 0 Å². The van der Waals surface area contributed by atoms with Crippen LogP contribution < -0.4 is 0 Å². The molecule has 0 aromatic heterocycles. The molecular weight excluding hydrogens is 217 g/mol. The van der Waals surface area contributed by atoms with E-state index in [-0.39, 0.29) is 11.7 Å². The molecule has 2 nitrogen and oxygen atoms in total. The molecule has 1 heterocycles. The van der Waals surface area contributed by atoms with Gasteiger partial charge < -0.3 is 9.69 Å². The SMILES string of the molecule is O=CC(CN1CCCCC1)c1cccc(F)c1. The molecule has 1 aromatic carbocycles. The zero-order valence-corrected chi connectivity index (χ0v) is 9.94. The van der Waals surface area contributed by atoms with Gasteiger partial charge in [-0.15, -0.1) is 0 Å². The van der Waals surface area contributed by atoms with Gasteiger partial charge in [-0.3, -0.25) is 0 Å². The van der Waals surface area contributed by atoms with Crippen molar-refractivity contribution in [3.63, 3.8) is 0 Å². The van der Waals surface area contributed by atoms with E-state index in [1.54, 1.807) is 6.07 Å². The lowest BCUT2D eigenvalue weighted by Gasteiger charge is -2.28. The number of hydrogen-bond acceptors (Lipinski definition) is 2. The number of benzene rings is 1. The lowest BCUT2D eigenvalue weighted by molar-refractivity contribution is -0.109. The van der Waals surface area contributed by atoms with E-state index >= 15 is 0 Å². The third kappa shape index (κ3) is 3.37. The summed E-state index contributed by atoms with van der Waals surface area (Å²) in [4.78, 5) is 13.4. The molecule has 0 spiro atoms. The molecular formula is C14H18FNO. The van der Waals surface area contributed by atoms with Crippen LogP contribution in [-0.2, 0) is 4.79 Å². The van der Waals surface area contributed by atoms with Crippen LogP contribution in [0.1, 0.15) is 30.7 Å². The Kier molecular flexibility index (Phi) is 4.26.